The van der Waals surface area contributed by atoms with Gasteiger partial charge in [0.1, 0.15) is 0 Å². The van der Waals surface area contributed by atoms with Crippen molar-refractivity contribution in [3.63, 3.8) is 0 Å². The summed E-state index contributed by atoms with van der Waals surface area (Å²) < 4.78 is 5.63. The molecule has 0 unspecified atom stereocenters. The van der Waals surface area contributed by atoms with Crippen LogP contribution < -0.4 is 5.48 Å². The zero-order chi connectivity index (χ0) is 12.1. The fraction of sp³-hybridized carbons (Fsp3) is 0.917. The van der Waals surface area contributed by atoms with Gasteiger partial charge in [0.15, 0.2) is 0 Å². The molecule has 0 aliphatic carbocycles. The number of hydroxylamine groups is 1. The largest absolute Gasteiger partial charge is 0.428 e. The Morgan fingerprint density at radius 2 is 2.12 bits per heavy atom. The van der Waals surface area contributed by atoms with Gasteiger partial charge in [-0.25, -0.2) is 4.79 Å². The number of carbonyl (C=O) groups excluding carboxylic acids is 1. The molecule has 1 amide bonds. The van der Waals surface area contributed by atoms with Gasteiger partial charge in [-0.1, -0.05) is 0 Å². The van der Waals surface area contributed by atoms with Crippen LogP contribution >= 0.6 is 0 Å². The van der Waals surface area contributed by atoms with Gasteiger partial charge in [-0.15, -0.1) is 5.48 Å². The van der Waals surface area contributed by atoms with Gasteiger partial charge in [-0.05, 0) is 39.0 Å². The Morgan fingerprint density at radius 1 is 1.35 bits per heavy atom. The summed E-state index contributed by atoms with van der Waals surface area (Å²) in [4.78, 5) is 18.5. The molecular weight excluding hydrogens is 220 g/mol. The average molecular weight is 242 g/mol. The number of nitrogens with zero attached hydrogens (tertiary/aromatic N) is 1. The lowest BCUT2D eigenvalue weighted by Crippen LogP contribution is -2.43. The van der Waals surface area contributed by atoms with Crippen LogP contribution in [0.25, 0.3) is 0 Å². The Balaban J connectivity index is 1.67. The van der Waals surface area contributed by atoms with E-state index >= 15 is 0 Å². The molecule has 2 atom stereocenters. The maximum Gasteiger partial charge on any atom is 0.428 e. The predicted octanol–water partition coefficient (Wildman–Crippen LogP) is 1.68. The minimum Gasteiger partial charge on any atom is -0.376 e. The first kappa shape index (κ1) is 12.6. The standard InChI is InChI=1S/C12H22N2O3/c1-10(11-6-2-5-9-16-11)13-17-12(15)14-7-3-4-8-14/h10-11,13H,2-9H2,1H3/t10-,11-/m0/s1. The van der Waals surface area contributed by atoms with Crippen molar-refractivity contribution in [1.29, 1.82) is 0 Å². The SMILES string of the molecule is C[C@H](NOC(=O)N1CCCC1)[C@@H]1CCCCO1. The predicted molar refractivity (Wildman–Crippen MR) is 63.5 cm³/mol. The first-order valence-corrected chi connectivity index (χ1v) is 6.60. The molecule has 17 heavy (non-hydrogen) atoms. The van der Waals surface area contributed by atoms with E-state index in [2.05, 4.69) is 5.48 Å². The maximum absolute atomic E-state index is 11.6. The van der Waals surface area contributed by atoms with Crippen LogP contribution in [0.15, 0.2) is 0 Å². The van der Waals surface area contributed by atoms with Gasteiger partial charge in [-0.3, -0.25) is 0 Å². The van der Waals surface area contributed by atoms with Gasteiger partial charge in [0, 0.05) is 19.7 Å². The third kappa shape index (κ3) is 3.57. The fourth-order valence-corrected chi connectivity index (χ4v) is 2.34. The van der Waals surface area contributed by atoms with Crippen LogP contribution in [0, 0.1) is 0 Å². The minimum absolute atomic E-state index is 0.0573. The number of carbonyl (C=O) groups is 1. The van der Waals surface area contributed by atoms with Crippen LogP contribution in [0.5, 0.6) is 0 Å². The number of rotatable bonds is 3. The lowest BCUT2D eigenvalue weighted by atomic mass is 10.0. The second-order valence-electron chi connectivity index (χ2n) is 4.87. The molecule has 0 bridgehead atoms. The van der Waals surface area contributed by atoms with Gasteiger partial charge in [0.25, 0.3) is 0 Å². The van der Waals surface area contributed by atoms with E-state index < -0.39 is 0 Å². The molecule has 2 aliphatic rings. The lowest BCUT2D eigenvalue weighted by Gasteiger charge is -2.28. The Bertz CT molecular complexity index is 248. The monoisotopic (exact) mass is 242 g/mol. The lowest BCUT2D eigenvalue weighted by molar-refractivity contribution is -0.0430. The van der Waals surface area contributed by atoms with Crippen LogP contribution in [-0.2, 0) is 9.57 Å². The number of hydrogen-bond donors (Lipinski definition) is 1. The molecule has 2 aliphatic heterocycles. The normalized spacial score (nSPS) is 26.9. The molecule has 0 saturated carbocycles. The van der Waals surface area contributed by atoms with Crippen molar-refractivity contribution in [1.82, 2.24) is 10.4 Å². The summed E-state index contributed by atoms with van der Waals surface area (Å²) in [7, 11) is 0. The average Bonchev–Trinajstić information content (AvgIpc) is 2.90. The highest BCUT2D eigenvalue weighted by molar-refractivity contribution is 5.67. The Labute approximate surface area is 102 Å². The molecule has 0 aromatic heterocycles. The third-order valence-electron chi connectivity index (χ3n) is 3.47. The van der Waals surface area contributed by atoms with E-state index in [-0.39, 0.29) is 18.2 Å². The van der Waals surface area contributed by atoms with Crippen molar-refractivity contribution < 1.29 is 14.4 Å². The number of hydrogen-bond acceptors (Lipinski definition) is 4. The van der Waals surface area contributed by atoms with Gasteiger partial charge in [-0.2, -0.15) is 0 Å². The van der Waals surface area contributed by atoms with Crippen LogP contribution in [0.1, 0.15) is 39.0 Å². The Hall–Kier alpha value is -0.810. The summed E-state index contributed by atoms with van der Waals surface area (Å²) in [6.45, 7) is 4.44. The molecule has 2 saturated heterocycles. The Kier molecular flexibility index (Phi) is 4.62. The smallest absolute Gasteiger partial charge is 0.376 e. The van der Waals surface area contributed by atoms with E-state index in [1.165, 1.54) is 6.42 Å². The number of likely N-dealkylation sites (tertiary alicyclic amines) is 1. The molecule has 0 radical (unpaired) electrons. The van der Waals surface area contributed by atoms with Crippen molar-refractivity contribution in [3.8, 4) is 0 Å². The molecular formula is C12H22N2O3. The van der Waals surface area contributed by atoms with E-state index in [4.69, 9.17) is 9.57 Å². The molecule has 0 aromatic rings. The quantitative estimate of drug-likeness (QED) is 0.765. The van der Waals surface area contributed by atoms with Crippen LogP contribution in [0.2, 0.25) is 0 Å². The molecule has 0 spiro atoms. The van der Waals surface area contributed by atoms with Crippen molar-refractivity contribution in [2.45, 2.75) is 51.2 Å². The van der Waals surface area contributed by atoms with E-state index in [1.807, 2.05) is 6.92 Å². The fourth-order valence-electron chi connectivity index (χ4n) is 2.34. The summed E-state index contributed by atoms with van der Waals surface area (Å²) in [5.41, 5.74) is 2.81. The van der Waals surface area contributed by atoms with Crippen molar-refractivity contribution in [2.24, 2.45) is 0 Å². The topological polar surface area (TPSA) is 50.8 Å². The van der Waals surface area contributed by atoms with Crippen molar-refractivity contribution in [2.75, 3.05) is 19.7 Å². The van der Waals surface area contributed by atoms with E-state index in [0.29, 0.717) is 0 Å². The highest BCUT2D eigenvalue weighted by Crippen LogP contribution is 2.16. The summed E-state index contributed by atoms with van der Waals surface area (Å²) in [5, 5.41) is 0. The highest BCUT2D eigenvalue weighted by Gasteiger charge is 2.24. The summed E-state index contributed by atoms with van der Waals surface area (Å²) in [6, 6.07) is 0.0573. The first-order valence-electron chi connectivity index (χ1n) is 6.60. The molecule has 2 rings (SSSR count). The van der Waals surface area contributed by atoms with Gasteiger partial charge in [0.2, 0.25) is 0 Å². The first-order chi connectivity index (χ1) is 8.27. The molecule has 98 valence electrons. The molecule has 0 aromatic carbocycles. The molecule has 5 heteroatoms. The second kappa shape index (κ2) is 6.21. The summed E-state index contributed by atoms with van der Waals surface area (Å²) >= 11 is 0. The van der Waals surface area contributed by atoms with Gasteiger partial charge >= 0.3 is 6.09 Å². The van der Waals surface area contributed by atoms with Crippen molar-refractivity contribution >= 4 is 6.09 Å². The number of ether oxygens (including phenoxy) is 1. The number of amides is 1. The molecule has 2 fully saturated rings. The zero-order valence-corrected chi connectivity index (χ0v) is 10.5. The zero-order valence-electron chi connectivity index (χ0n) is 10.5. The minimum atomic E-state index is -0.259. The highest BCUT2D eigenvalue weighted by atomic mass is 16.7. The van der Waals surface area contributed by atoms with E-state index in [1.54, 1.807) is 4.90 Å². The summed E-state index contributed by atoms with van der Waals surface area (Å²) in [6.07, 6.45) is 5.43. The Morgan fingerprint density at radius 3 is 2.76 bits per heavy atom. The van der Waals surface area contributed by atoms with Crippen LogP contribution in [-0.4, -0.2) is 42.8 Å². The van der Waals surface area contributed by atoms with Gasteiger partial charge in [0.05, 0.1) is 12.1 Å². The summed E-state index contributed by atoms with van der Waals surface area (Å²) in [5.74, 6) is 0. The van der Waals surface area contributed by atoms with Gasteiger partial charge < -0.3 is 14.5 Å². The third-order valence-corrected chi connectivity index (χ3v) is 3.47. The second-order valence-corrected chi connectivity index (χ2v) is 4.87. The maximum atomic E-state index is 11.6. The van der Waals surface area contributed by atoms with Crippen molar-refractivity contribution in [3.05, 3.63) is 0 Å². The molecule has 1 N–H and O–H groups in total. The number of nitrogens with one attached hydrogen (secondary N) is 1. The molecule has 5 nitrogen and oxygen atoms in total. The van der Waals surface area contributed by atoms with Crippen LogP contribution in [0.3, 0.4) is 0 Å². The van der Waals surface area contributed by atoms with E-state index in [0.717, 1.165) is 45.4 Å². The van der Waals surface area contributed by atoms with Crippen LogP contribution in [0.4, 0.5) is 4.79 Å². The van der Waals surface area contributed by atoms with E-state index in [9.17, 15) is 4.79 Å². The molecule has 2 heterocycles.